The maximum atomic E-state index is 6.44. The highest BCUT2D eigenvalue weighted by atomic mass is 32.1. The molecule has 262 valence electrons. The molecule has 11 rings (SSSR count). The van der Waals surface area contributed by atoms with Crippen LogP contribution in [-0.4, -0.2) is 15.0 Å². The molecule has 3 aromatic heterocycles. The van der Waals surface area contributed by atoms with Gasteiger partial charge < -0.3 is 4.42 Å². The molecule has 0 atom stereocenters. The van der Waals surface area contributed by atoms with Crippen molar-refractivity contribution in [1.29, 1.82) is 0 Å². The first kappa shape index (κ1) is 32.2. The van der Waals surface area contributed by atoms with Crippen molar-refractivity contribution in [2.24, 2.45) is 0 Å². The second-order valence-electron chi connectivity index (χ2n) is 14.0. The third-order valence-corrected chi connectivity index (χ3v) is 11.7. The van der Waals surface area contributed by atoms with Crippen molar-refractivity contribution in [3.63, 3.8) is 0 Å². The van der Waals surface area contributed by atoms with Gasteiger partial charge in [-0.05, 0) is 75.8 Å². The first-order valence-electron chi connectivity index (χ1n) is 18.7. The molecular formula is C51H31N3OS. The largest absolute Gasteiger partial charge is 0.456 e. The topological polar surface area (TPSA) is 51.8 Å². The standard InChI is InChI=1S/C51H31N3OS/c1-3-11-34(12-4-1)49-52-50(35-13-5-2-6-14-35)54-51(53-49)39-16-9-15-36(29-39)38-25-27-44-43(31-38)48-40(18-10-19-45(48)55-44)33-23-21-32(22-24-33)37-26-28-47-42(30-37)41-17-7-8-20-46(41)56-47/h1-31H. The summed E-state index contributed by atoms with van der Waals surface area (Å²) in [6, 6.07) is 65.8. The first-order valence-corrected chi connectivity index (χ1v) is 19.5. The molecule has 0 aliphatic carbocycles. The van der Waals surface area contributed by atoms with E-state index in [0.717, 1.165) is 60.9 Å². The third-order valence-electron chi connectivity index (χ3n) is 10.6. The molecule has 4 nitrogen and oxygen atoms in total. The van der Waals surface area contributed by atoms with Gasteiger partial charge in [-0.25, -0.2) is 15.0 Å². The lowest BCUT2D eigenvalue weighted by Crippen LogP contribution is -2.00. The lowest BCUT2D eigenvalue weighted by atomic mass is 9.95. The Hall–Kier alpha value is -7.21. The van der Waals surface area contributed by atoms with E-state index in [-0.39, 0.29) is 0 Å². The number of rotatable bonds is 6. The molecule has 0 bridgehead atoms. The second kappa shape index (κ2) is 13.3. The maximum Gasteiger partial charge on any atom is 0.164 e. The van der Waals surface area contributed by atoms with Crippen LogP contribution < -0.4 is 0 Å². The maximum absolute atomic E-state index is 6.44. The SMILES string of the molecule is c1ccc(-c2nc(-c3ccccc3)nc(-c3cccc(-c4ccc5oc6cccc(-c7ccc(-c8ccc9sc%10ccccc%10c9c8)cc7)c6c5c4)c3)n2)cc1. The Balaban J connectivity index is 0.972. The second-order valence-corrected chi connectivity index (χ2v) is 15.1. The molecule has 11 aromatic rings. The summed E-state index contributed by atoms with van der Waals surface area (Å²) in [6.45, 7) is 0. The molecule has 0 radical (unpaired) electrons. The van der Waals surface area contributed by atoms with Crippen molar-refractivity contribution >= 4 is 53.4 Å². The molecule has 0 unspecified atom stereocenters. The van der Waals surface area contributed by atoms with Gasteiger partial charge in [0.1, 0.15) is 11.2 Å². The van der Waals surface area contributed by atoms with E-state index in [0.29, 0.717) is 17.5 Å². The molecule has 5 heteroatoms. The summed E-state index contributed by atoms with van der Waals surface area (Å²) < 4.78 is 9.08. The first-order chi connectivity index (χ1) is 27.7. The summed E-state index contributed by atoms with van der Waals surface area (Å²) in [5.74, 6) is 1.91. The van der Waals surface area contributed by atoms with Crippen LogP contribution in [0, 0.1) is 0 Å². The Kier molecular flexibility index (Phi) is 7.64. The molecule has 3 heterocycles. The summed E-state index contributed by atoms with van der Waals surface area (Å²) in [5.41, 5.74) is 11.4. The Labute approximate surface area is 327 Å². The fraction of sp³-hybridized carbons (Fsp3) is 0. The monoisotopic (exact) mass is 733 g/mol. The fourth-order valence-corrected chi connectivity index (χ4v) is 8.86. The third kappa shape index (κ3) is 5.65. The van der Waals surface area contributed by atoms with Gasteiger partial charge in [0.15, 0.2) is 17.5 Å². The minimum atomic E-state index is 0.628. The number of aromatic nitrogens is 3. The van der Waals surface area contributed by atoms with Crippen molar-refractivity contribution in [3.8, 4) is 67.5 Å². The molecule has 0 spiro atoms. The zero-order chi connectivity index (χ0) is 37.0. The average Bonchev–Trinajstić information content (AvgIpc) is 3.85. The van der Waals surface area contributed by atoms with Crippen LogP contribution in [0.25, 0.3) is 110 Å². The van der Waals surface area contributed by atoms with E-state index in [9.17, 15) is 0 Å². The van der Waals surface area contributed by atoms with Gasteiger partial charge in [0.25, 0.3) is 0 Å². The quantitative estimate of drug-likeness (QED) is 0.171. The van der Waals surface area contributed by atoms with E-state index in [4.69, 9.17) is 19.4 Å². The zero-order valence-corrected chi connectivity index (χ0v) is 30.9. The van der Waals surface area contributed by atoms with Crippen LogP contribution in [0.15, 0.2) is 192 Å². The van der Waals surface area contributed by atoms with Gasteiger partial charge >= 0.3 is 0 Å². The Morgan fingerprint density at radius 1 is 0.321 bits per heavy atom. The van der Waals surface area contributed by atoms with Gasteiger partial charge in [0.2, 0.25) is 0 Å². The molecule has 56 heavy (non-hydrogen) atoms. The molecule has 8 aromatic carbocycles. The molecule has 0 N–H and O–H groups in total. The van der Waals surface area contributed by atoms with E-state index < -0.39 is 0 Å². The lowest BCUT2D eigenvalue weighted by Gasteiger charge is -2.10. The van der Waals surface area contributed by atoms with Crippen LogP contribution in [0.2, 0.25) is 0 Å². The lowest BCUT2D eigenvalue weighted by molar-refractivity contribution is 0.669. The van der Waals surface area contributed by atoms with Crippen LogP contribution in [0.1, 0.15) is 0 Å². The Morgan fingerprint density at radius 3 is 1.62 bits per heavy atom. The Morgan fingerprint density at radius 2 is 0.857 bits per heavy atom. The highest BCUT2D eigenvalue weighted by Gasteiger charge is 2.16. The van der Waals surface area contributed by atoms with Crippen molar-refractivity contribution in [2.45, 2.75) is 0 Å². The van der Waals surface area contributed by atoms with Crippen molar-refractivity contribution in [2.75, 3.05) is 0 Å². The smallest absolute Gasteiger partial charge is 0.164 e. The number of benzene rings is 8. The van der Waals surface area contributed by atoms with Crippen molar-refractivity contribution in [1.82, 2.24) is 15.0 Å². The van der Waals surface area contributed by atoms with Crippen LogP contribution in [-0.2, 0) is 0 Å². The van der Waals surface area contributed by atoms with Gasteiger partial charge in [-0.3, -0.25) is 0 Å². The van der Waals surface area contributed by atoms with Crippen molar-refractivity contribution < 1.29 is 4.42 Å². The van der Waals surface area contributed by atoms with E-state index >= 15 is 0 Å². The molecule has 0 aliphatic rings. The summed E-state index contributed by atoms with van der Waals surface area (Å²) >= 11 is 1.85. The Bertz CT molecular complexity index is 3180. The average molecular weight is 734 g/mol. The number of furan rings is 1. The van der Waals surface area contributed by atoms with E-state index in [1.165, 1.54) is 31.3 Å². The number of thiophene rings is 1. The van der Waals surface area contributed by atoms with Crippen LogP contribution in [0.4, 0.5) is 0 Å². The summed E-state index contributed by atoms with van der Waals surface area (Å²) in [7, 11) is 0. The van der Waals surface area contributed by atoms with Crippen LogP contribution in [0.5, 0.6) is 0 Å². The number of hydrogen-bond donors (Lipinski definition) is 0. The molecule has 0 saturated carbocycles. The predicted molar refractivity (Wildman–Crippen MR) is 233 cm³/mol. The van der Waals surface area contributed by atoms with Crippen molar-refractivity contribution in [3.05, 3.63) is 188 Å². The van der Waals surface area contributed by atoms with Crippen LogP contribution in [0.3, 0.4) is 0 Å². The summed E-state index contributed by atoms with van der Waals surface area (Å²) in [4.78, 5) is 14.8. The summed E-state index contributed by atoms with van der Waals surface area (Å²) in [5, 5.41) is 4.81. The van der Waals surface area contributed by atoms with E-state index in [1.807, 2.05) is 72.0 Å². The molecule has 0 aliphatic heterocycles. The molecule has 0 saturated heterocycles. The highest BCUT2D eigenvalue weighted by Crippen LogP contribution is 2.40. The molecule has 0 amide bonds. The number of nitrogens with zero attached hydrogens (tertiary/aromatic N) is 3. The number of hydrogen-bond acceptors (Lipinski definition) is 5. The van der Waals surface area contributed by atoms with Gasteiger partial charge in [-0.15, -0.1) is 11.3 Å². The zero-order valence-electron chi connectivity index (χ0n) is 30.1. The van der Waals surface area contributed by atoms with Gasteiger partial charge in [-0.2, -0.15) is 0 Å². The van der Waals surface area contributed by atoms with E-state index in [1.54, 1.807) is 0 Å². The van der Waals surface area contributed by atoms with Gasteiger partial charge in [0, 0.05) is 47.6 Å². The van der Waals surface area contributed by atoms with Gasteiger partial charge in [0.05, 0.1) is 0 Å². The summed E-state index contributed by atoms with van der Waals surface area (Å²) in [6.07, 6.45) is 0. The molecule has 0 fully saturated rings. The minimum Gasteiger partial charge on any atom is -0.456 e. The minimum absolute atomic E-state index is 0.628. The normalized spacial score (nSPS) is 11.6. The van der Waals surface area contributed by atoms with Gasteiger partial charge in [-0.1, -0.05) is 146 Å². The predicted octanol–water partition coefficient (Wildman–Crippen LogP) is 14.1. The molecular weight excluding hydrogens is 703 g/mol. The van der Waals surface area contributed by atoms with Crippen LogP contribution >= 0.6 is 11.3 Å². The number of fused-ring (bicyclic) bond motifs is 6. The fourth-order valence-electron chi connectivity index (χ4n) is 7.77. The van der Waals surface area contributed by atoms with E-state index in [2.05, 4.69) is 127 Å². The highest BCUT2D eigenvalue weighted by molar-refractivity contribution is 7.25.